The SMILES string of the molecule is COc1ccc(CN2CCCN(C(=O)c3ccc(S(=O)(=O)N4CCCCC4)o3)CC2)cc1. The maximum atomic E-state index is 13.0. The minimum atomic E-state index is -3.68. The molecule has 32 heavy (non-hydrogen) atoms. The average molecular weight is 462 g/mol. The van der Waals surface area contributed by atoms with Crippen molar-refractivity contribution in [2.75, 3.05) is 46.4 Å². The van der Waals surface area contributed by atoms with E-state index in [0.717, 1.165) is 51.1 Å². The highest BCUT2D eigenvalue weighted by molar-refractivity contribution is 7.89. The van der Waals surface area contributed by atoms with Crippen LogP contribution in [0.2, 0.25) is 0 Å². The molecule has 8 nitrogen and oxygen atoms in total. The van der Waals surface area contributed by atoms with E-state index >= 15 is 0 Å². The summed E-state index contributed by atoms with van der Waals surface area (Å²) in [5, 5.41) is -0.140. The molecule has 174 valence electrons. The van der Waals surface area contributed by atoms with Gasteiger partial charge < -0.3 is 14.1 Å². The number of piperidine rings is 1. The lowest BCUT2D eigenvalue weighted by atomic mass is 10.2. The van der Waals surface area contributed by atoms with Crippen molar-refractivity contribution in [2.24, 2.45) is 0 Å². The van der Waals surface area contributed by atoms with E-state index in [1.54, 1.807) is 12.0 Å². The van der Waals surface area contributed by atoms with Gasteiger partial charge in [-0.25, -0.2) is 8.42 Å². The summed E-state index contributed by atoms with van der Waals surface area (Å²) in [6.45, 7) is 4.65. The largest absolute Gasteiger partial charge is 0.497 e. The van der Waals surface area contributed by atoms with Crippen LogP contribution in [-0.2, 0) is 16.6 Å². The van der Waals surface area contributed by atoms with Crippen LogP contribution in [0.5, 0.6) is 5.75 Å². The number of methoxy groups -OCH3 is 1. The molecule has 1 aromatic carbocycles. The van der Waals surface area contributed by atoms with E-state index in [9.17, 15) is 13.2 Å². The van der Waals surface area contributed by atoms with Crippen molar-refractivity contribution in [1.82, 2.24) is 14.1 Å². The van der Waals surface area contributed by atoms with Gasteiger partial charge in [0.05, 0.1) is 7.11 Å². The van der Waals surface area contributed by atoms with Crippen LogP contribution in [0.4, 0.5) is 0 Å². The van der Waals surface area contributed by atoms with E-state index in [1.807, 2.05) is 12.1 Å². The summed E-state index contributed by atoms with van der Waals surface area (Å²) >= 11 is 0. The first-order chi connectivity index (χ1) is 15.5. The number of sulfonamides is 1. The standard InChI is InChI=1S/C23H31N3O5S/c1-30-20-8-6-19(7-9-20)18-24-12-5-13-25(17-16-24)23(27)21-10-11-22(31-21)32(28,29)26-14-3-2-4-15-26/h6-11H,2-5,12-18H2,1H3. The molecule has 2 saturated heterocycles. The molecule has 1 aromatic heterocycles. The van der Waals surface area contributed by atoms with E-state index in [2.05, 4.69) is 17.0 Å². The Bertz CT molecular complexity index is 1010. The zero-order chi connectivity index (χ0) is 22.6. The Labute approximate surface area is 189 Å². The zero-order valence-electron chi connectivity index (χ0n) is 18.5. The third kappa shape index (κ3) is 5.16. The number of carbonyl (C=O) groups is 1. The van der Waals surface area contributed by atoms with Crippen LogP contribution in [-0.4, -0.2) is 74.8 Å². The highest BCUT2D eigenvalue weighted by Crippen LogP contribution is 2.23. The van der Waals surface area contributed by atoms with Crippen molar-refractivity contribution in [3.8, 4) is 5.75 Å². The predicted octanol–water partition coefficient (Wildman–Crippen LogP) is 2.81. The lowest BCUT2D eigenvalue weighted by Crippen LogP contribution is -2.35. The minimum Gasteiger partial charge on any atom is -0.497 e. The zero-order valence-corrected chi connectivity index (χ0v) is 19.3. The van der Waals surface area contributed by atoms with Crippen molar-refractivity contribution in [3.05, 3.63) is 47.7 Å². The van der Waals surface area contributed by atoms with Crippen LogP contribution < -0.4 is 4.74 Å². The van der Waals surface area contributed by atoms with Crippen LogP contribution in [0, 0.1) is 0 Å². The van der Waals surface area contributed by atoms with Crippen LogP contribution >= 0.6 is 0 Å². The molecule has 2 aliphatic heterocycles. The number of hydrogen-bond acceptors (Lipinski definition) is 6. The van der Waals surface area contributed by atoms with Gasteiger partial charge in [0.25, 0.3) is 15.9 Å². The van der Waals surface area contributed by atoms with Gasteiger partial charge >= 0.3 is 0 Å². The van der Waals surface area contributed by atoms with Gasteiger partial charge in [0, 0.05) is 45.8 Å². The van der Waals surface area contributed by atoms with Crippen LogP contribution in [0.15, 0.2) is 45.9 Å². The molecule has 2 aromatic rings. The quantitative estimate of drug-likeness (QED) is 0.658. The van der Waals surface area contributed by atoms with Crippen LogP contribution in [0.25, 0.3) is 0 Å². The Morgan fingerprint density at radius 3 is 2.38 bits per heavy atom. The summed E-state index contributed by atoms with van der Waals surface area (Å²) in [6.07, 6.45) is 3.60. The summed E-state index contributed by atoms with van der Waals surface area (Å²) in [5.41, 5.74) is 1.20. The molecule has 3 heterocycles. The molecule has 0 aliphatic carbocycles. The molecule has 0 spiro atoms. The second-order valence-electron chi connectivity index (χ2n) is 8.35. The van der Waals surface area contributed by atoms with Gasteiger partial charge in [-0.05, 0) is 49.1 Å². The molecule has 2 fully saturated rings. The number of ether oxygens (including phenoxy) is 1. The van der Waals surface area contributed by atoms with Crippen molar-refractivity contribution < 1.29 is 22.4 Å². The topological polar surface area (TPSA) is 83.3 Å². The molecular weight excluding hydrogens is 430 g/mol. The Balaban J connectivity index is 1.36. The maximum absolute atomic E-state index is 13.0. The van der Waals surface area contributed by atoms with E-state index < -0.39 is 10.0 Å². The molecule has 0 atom stereocenters. The van der Waals surface area contributed by atoms with Gasteiger partial charge in [-0.1, -0.05) is 18.6 Å². The molecular formula is C23H31N3O5S. The fourth-order valence-corrected chi connectivity index (χ4v) is 5.71. The third-order valence-corrected chi connectivity index (χ3v) is 7.92. The van der Waals surface area contributed by atoms with Crippen molar-refractivity contribution >= 4 is 15.9 Å². The number of rotatable bonds is 6. The van der Waals surface area contributed by atoms with Crippen LogP contribution in [0.3, 0.4) is 0 Å². The molecule has 4 rings (SSSR count). The van der Waals surface area contributed by atoms with E-state index in [-0.39, 0.29) is 16.8 Å². The monoisotopic (exact) mass is 461 g/mol. The second-order valence-corrected chi connectivity index (χ2v) is 10.2. The summed E-state index contributed by atoms with van der Waals surface area (Å²) < 4.78 is 37.8. The molecule has 2 aliphatic rings. The first-order valence-corrected chi connectivity index (χ1v) is 12.7. The Kier molecular flexibility index (Phi) is 7.17. The Morgan fingerprint density at radius 2 is 1.66 bits per heavy atom. The molecule has 0 unspecified atom stereocenters. The molecule has 1 amide bonds. The van der Waals surface area contributed by atoms with Gasteiger partial charge in [-0.15, -0.1) is 0 Å². The van der Waals surface area contributed by atoms with E-state index in [0.29, 0.717) is 26.2 Å². The predicted molar refractivity (Wildman–Crippen MR) is 120 cm³/mol. The van der Waals surface area contributed by atoms with Gasteiger partial charge in [0.1, 0.15) is 5.75 Å². The Hall–Kier alpha value is -2.36. The Morgan fingerprint density at radius 1 is 0.906 bits per heavy atom. The van der Waals surface area contributed by atoms with Crippen molar-refractivity contribution in [1.29, 1.82) is 0 Å². The van der Waals surface area contributed by atoms with Crippen LogP contribution in [0.1, 0.15) is 41.8 Å². The first kappa shape index (κ1) is 22.8. The van der Waals surface area contributed by atoms with Gasteiger partial charge in [-0.3, -0.25) is 9.69 Å². The number of amides is 1. The lowest BCUT2D eigenvalue weighted by Gasteiger charge is -2.24. The summed E-state index contributed by atoms with van der Waals surface area (Å²) in [4.78, 5) is 17.1. The van der Waals surface area contributed by atoms with Crippen molar-refractivity contribution in [3.63, 3.8) is 0 Å². The number of carbonyl (C=O) groups excluding carboxylic acids is 1. The molecule has 0 saturated carbocycles. The average Bonchev–Trinajstić information content (AvgIpc) is 3.22. The van der Waals surface area contributed by atoms with E-state index in [1.165, 1.54) is 22.0 Å². The number of furan rings is 1. The fraction of sp³-hybridized carbons (Fsp3) is 0.522. The summed E-state index contributed by atoms with van der Waals surface area (Å²) in [6, 6.07) is 10.9. The molecule has 0 bridgehead atoms. The normalized spacial score (nSPS) is 19.0. The first-order valence-electron chi connectivity index (χ1n) is 11.2. The molecule has 0 radical (unpaired) electrons. The smallest absolute Gasteiger partial charge is 0.289 e. The molecule has 9 heteroatoms. The maximum Gasteiger partial charge on any atom is 0.289 e. The molecule has 0 N–H and O–H groups in total. The third-order valence-electron chi connectivity index (χ3n) is 6.14. The van der Waals surface area contributed by atoms with Gasteiger partial charge in [0.15, 0.2) is 5.76 Å². The van der Waals surface area contributed by atoms with Crippen molar-refractivity contribution in [2.45, 2.75) is 37.3 Å². The van der Waals surface area contributed by atoms with Gasteiger partial charge in [-0.2, -0.15) is 4.31 Å². The highest BCUT2D eigenvalue weighted by atomic mass is 32.2. The minimum absolute atomic E-state index is 0.0872. The summed E-state index contributed by atoms with van der Waals surface area (Å²) in [5.74, 6) is 0.669. The number of hydrogen-bond donors (Lipinski definition) is 0. The number of benzene rings is 1. The lowest BCUT2D eigenvalue weighted by molar-refractivity contribution is 0.0723. The second kappa shape index (κ2) is 10.1. The van der Waals surface area contributed by atoms with Gasteiger partial charge in [0.2, 0.25) is 5.09 Å². The van der Waals surface area contributed by atoms with E-state index in [4.69, 9.17) is 9.15 Å². The number of nitrogens with zero attached hydrogens (tertiary/aromatic N) is 3. The highest BCUT2D eigenvalue weighted by Gasteiger charge is 2.31. The fourth-order valence-electron chi connectivity index (χ4n) is 4.28. The summed E-state index contributed by atoms with van der Waals surface area (Å²) in [7, 11) is -2.03.